The van der Waals surface area contributed by atoms with Crippen molar-refractivity contribution in [3.8, 4) is 0 Å². The fraction of sp³-hybridized carbons (Fsp3) is 0.400. The van der Waals surface area contributed by atoms with Crippen molar-refractivity contribution in [1.29, 1.82) is 0 Å². The van der Waals surface area contributed by atoms with E-state index >= 15 is 0 Å². The molecule has 1 aliphatic rings. The van der Waals surface area contributed by atoms with Gasteiger partial charge in [-0.15, -0.1) is 0 Å². The van der Waals surface area contributed by atoms with Gasteiger partial charge in [-0.3, -0.25) is 4.98 Å². The lowest BCUT2D eigenvalue weighted by atomic mass is 9.86. The highest BCUT2D eigenvalue weighted by Gasteiger charge is 2.16. The molecule has 1 heterocycles. The summed E-state index contributed by atoms with van der Waals surface area (Å²) < 4.78 is 0. The molecule has 1 nitrogen and oxygen atoms in total. The van der Waals surface area contributed by atoms with Crippen LogP contribution < -0.4 is 0 Å². The summed E-state index contributed by atoms with van der Waals surface area (Å²) in [7, 11) is 0. The summed E-state index contributed by atoms with van der Waals surface area (Å²) in [6.07, 6.45) is 6.73. The molecule has 0 aliphatic heterocycles. The Morgan fingerprint density at radius 1 is 1.06 bits per heavy atom. The number of hydrogen-bond acceptors (Lipinski definition) is 1. The fourth-order valence-corrected chi connectivity index (χ4v) is 2.62. The molecule has 0 N–H and O–H groups in total. The quantitative estimate of drug-likeness (QED) is 0.691. The first kappa shape index (κ1) is 9.83. The smallest absolute Gasteiger partial charge is 0.0711 e. The molecule has 2 aromatic rings. The van der Waals surface area contributed by atoms with Crippen LogP contribution in [0.4, 0.5) is 0 Å². The molecule has 1 aromatic heterocycles. The minimum absolute atomic E-state index is 0.676. The molecule has 3 rings (SSSR count). The molecular weight excluding hydrogens is 194 g/mol. The van der Waals surface area contributed by atoms with Crippen molar-refractivity contribution in [3.05, 3.63) is 42.1 Å². The van der Waals surface area contributed by atoms with Gasteiger partial charge in [-0.1, -0.05) is 37.5 Å². The molecule has 1 radical (unpaired) electrons. The number of hydrogen-bond donors (Lipinski definition) is 0. The van der Waals surface area contributed by atoms with E-state index in [1.54, 1.807) is 0 Å². The van der Waals surface area contributed by atoms with E-state index in [1.165, 1.54) is 37.8 Å². The first-order valence-corrected chi connectivity index (χ1v) is 6.21. The third-order valence-corrected chi connectivity index (χ3v) is 3.55. The van der Waals surface area contributed by atoms with Crippen molar-refractivity contribution in [1.82, 2.24) is 4.98 Å². The summed E-state index contributed by atoms with van der Waals surface area (Å²) in [4.78, 5) is 4.77. The second-order valence-corrected chi connectivity index (χ2v) is 4.68. The van der Waals surface area contributed by atoms with E-state index in [9.17, 15) is 0 Å². The van der Waals surface area contributed by atoms with E-state index in [0.29, 0.717) is 5.92 Å². The standard InChI is InChI=1S/C15H16N/c1-2-6-12(7-3-1)15-11-10-13-8-4-5-9-14(13)16-15/h4-5,8-9,11-12H,1-3,6-7H2. The van der Waals surface area contributed by atoms with Gasteiger partial charge in [0.25, 0.3) is 0 Å². The molecule has 81 valence electrons. The van der Waals surface area contributed by atoms with E-state index in [2.05, 4.69) is 24.3 Å². The molecule has 1 saturated carbocycles. The Morgan fingerprint density at radius 3 is 2.75 bits per heavy atom. The molecule has 0 spiro atoms. The van der Waals surface area contributed by atoms with Crippen LogP contribution in [0.2, 0.25) is 0 Å². The number of aromatic nitrogens is 1. The summed E-state index contributed by atoms with van der Waals surface area (Å²) in [6.45, 7) is 0. The summed E-state index contributed by atoms with van der Waals surface area (Å²) in [5, 5.41) is 1.13. The largest absolute Gasteiger partial charge is 0.253 e. The van der Waals surface area contributed by atoms with Crippen molar-refractivity contribution >= 4 is 10.9 Å². The van der Waals surface area contributed by atoms with Gasteiger partial charge in [0.1, 0.15) is 0 Å². The van der Waals surface area contributed by atoms with Gasteiger partial charge in [0, 0.05) is 17.0 Å². The maximum absolute atomic E-state index is 4.77. The van der Waals surface area contributed by atoms with Gasteiger partial charge in [-0.25, -0.2) is 0 Å². The summed E-state index contributed by atoms with van der Waals surface area (Å²) in [5.74, 6) is 0.676. The zero-order valence-electron chi connectivity index (χ0n) is 9.45. The summed E-state index contributed by atoms with van der Waals surface area (Å²) in [5.41, 5.74) is 2.34. The van der Waals surface area contributed by atoms with Gasteiger partial charge in [0.15, 0.2) is 0 Å². The third-order valence-electron chi connectivity index (χ3n) is 3.55. The highest BCUT2D eigenvalue weighted by molar-refractivity contribution is 5.77. The fourth-order valence-electron chi connectivity index (χ4n) is 2.62. The van der Waals surface area contributed by atoms with Gasteiger partial charge in [0.2, 0.25) is 0 Å². The average molecular weight is 210 g/mol. The highest BCUT2D eigenvalue weighted by atomic mass is 14.7. The molecule has 1 heteroatoms. The second-order valence-electron chi connectivity index (χ2n) is 4.68. The minimum Gasteiger partial charge on any atom is -0.253 e. The van der Waals surface area contributed by atoms with E-state index in [-0.39, 0.29) is 0 Å². The Kier molecular flexibility index (Phi) is 2.61. The SMILES string of the molecule is [c]1cc(C2CCCCC2)nc2ccccc12. The monoisotopic (exact) mass is 210 g/mol. The maximum atomic E-state index is 4.77. The number of benzene rings is 1. The van der Waals surface area contributed by atoms with Crippen LogP contribution in [0.25, 0.3) is 10.9 Å². The average Bonchev–Trinajstić information content (AvgIpc) is 2.39. The van der Waals surface area contributed by atoms with Gasteiger partial charge in [0.05, 0.1) is 5.52 Å². The molecule has 1 fully saturated rings. The predicted molar refractivity (Wildman–Crippen MR) is 66.4 cm³/mol. The molecule has 16 heavy (non-hydrogen) atoms. The van der Waals surface area contributed by atoms with Crippen LogP contribution in [-0.2, 0) is 0 Å². The lowest BCUT2D eigenvalue weighted by Gasteiger charge is -2.21. The van der Waals surface area contributed by atoms with Crippen LogP contribution in [-0.4, -0.2) is 4.98 Å². The minimum atomic E-state index is 0.676. The topological polar surface area (TPSA) is 12.9 Å². The Balaban J connectivity index is 1.97. The molecule has 0 atom stereocenters. The van der Waals surface area contributed by atoms with Crippen molar-refractivity contribution in [3.63, 3.8) is 0 Å². The van der Waals surface area contributed by atoms with Crippen LogP contribution in [0, 0.1) is 6.07 Å². The van der Waals surface area contributed by atoms with Gasteiger partial charge in [-0.05, 0) is 31.0 Å². The zero-order chi connectivity index (χ0) is 10.8. The Morgan fingerprint density at radius 2 is 1.88 bits per heavy atom. The number of rotatable bonds is 1. The molecule has 0 bridgehead atoms. The number of para-hydroxylation sites is 1. The zero-order valence-corrected chi connectivity index (χ0v) is 9.45. The molecule has 0 amide bonds. The molecule has 0 unspecified atom stereocenters. The molecule has 1 aliphatic carbocycles. The first-order chi connectivity index (χ1) is 7.93. The molecule has 0 saturated heterocycles. The van der Waals surface area contributed by atoms with Crippen LogP contribution in [0.5, 0.6) is 0 Å². The van der Waals surface area contributed by atoms with E-state index < -0.39 is 0 Å². The number of fused-ring (bicyclic) bond motifs is 1. The normalized spacial score (nSPS) is 17.8. The lowest BCUT2D eigenvalue weighted by Crippen LogP contribution is -2.06. The maximum Gasteiger partial charge on any atom is 0.0711 e. The first-order valence-electron chi connectivity index (χ1n) is 6.21. The number of pyridine rings is 1. The third kappa shape index (κ3) is 1.82. The van der Waals surface area contributed by atoms with Crippen molar-refractivity contribution in [2.24, 2.45) is 0 Å². The van der Waals surface area contributed by atoms with Crippen LogP contribution >= 0.6 is 0 Å². The van der Waals surface area contributed by atoms with E-state index in [4.69, 9.17) is 4.98 Å². The summed E-state index contributed by atoms with van der Waals surface area (Å²) in [6, 6.07) is 13.7. The second kappa shape index (κ2) is 4.25. The van der Waals surface area contributed by atoms with Crippen molar-refractivity contribution < 1.29 is 0 Å². The number of nitrogens with zero attached hydrogens (tertiary/aromatic N) is 1. The van der Waals surface area contributed by atoms with Crippen molar-refractivity contribution in [2.45, 2.75) is 38.0 Å². The van der Waals surface area contributed by atoms with Crippen LogP contribution in [0.3, 0.4) is 0 Å². The molecular formula is C15H16N. The van der Waals surface area contributed by atoms with E-state index in [0.717, 1.165) is 10.9 Å². The van der Waals surface area contributed by atoms with Crippen LogP contribution in [0.15, 0.2) is 30.3 Å². The van der Waals surface area contributed by atoms with Gasteiger partial charge < -0.3 is 0 Å². The Hall–Kier alpha value is -1.37. The van der Waals surface area contributed by atoms with Gasteiger partial charge >= 0.3 is 0 Å². The molecule has 1 aromatic carbocycles. The Bertz CT molecular complexity index is 484. The lowest BCUT2D eigenvalue weighted by molar-refractivity contribution is 0.437. The summed E-state index contributed by atoms with van der Waals surface area (Å²) >= 11 is 0. The van der Waals surface area contributed by atoms with E-state index in [1.807, 2.05) is 12.1 Å². The Labute approximate surface area is 96.5 Å². The van der Waals surface area contributed by atoms with Gasteiger partial charge in [-0.2, -0.15) is 0 Å². The van der Waals surface area contributed by atoms with Crippen molar-refractivity contribution in [2.75, 3.05) is 0 Å². The predicted octanol–water partition coefficient (Wildman–Crippen LogP) is 4.08. The van der Waals surface area contributed by atoms with Crippen LogP contribution in [0.1, 0.15) is 43.7 Å². The highest BCUT2D eigenvalue weighted by Crippen LogP contribution is 2.32.